The Kier molecular flexibility index (Phi) is 16.0. The zero-order chi connectivity index (χ0) is 14.8. The maximum Gasteiger partial charge on any atom is 4.00 e. The van der Waals surface area contributed by atoms with Crippen molar-refractivity contribution in [2.24, 2.45) is 0 Å². The number of hydrogen-bond donors (Lipinski definition) is 0. The first kappa shape index (κ1) is 20.3. The summed E-state index contributed by atoms with van der Waals surface area (Å²) in [5.74, 6) is 0. The van der Waals surface area contributed by atoms with Gasteiger partial charge in [0.25, 0.3) is 0 Å². The van der Waals surface area contributed by atoms with E-state index in [1.807, 2.05) is 121 Å². The van der Waals surface area contributed by atoms with E-state index >= 15 is 0 Å². The molecule has 0 spiro atoms. The van der Waals surface area contributed by atoms with Gasteiger partial charge in [0.1, 0.15) is 0 Å². The van der Waals surface area contributed by atoms with Crippen molar-refractivity contribution in [3.63, 3.8) is 0 Å². The SMILES string of the molecule is [U+4].[c-]1ccccc1.c1cc[cH-]c1.c1cc[cH-]c1.c1cc[cH-]c1. The first-order chi connectivity index (χ1) is 10.5. The van der Waals surface area contributed by atoms with Crippen molar-refractivity contribution >= 4 is 0 Å². The van der Waals surface area contributed by atoms with Gasteiger partial charge in [0.2, 0.25) is 0 Å². The minimum atomic E-state index is 0. The summed E-state index contributed by atoms with van der Waals surface area (Å²) in [5.41, 5.74) is 0. The van der Waals surface area contributed by atoms with E-state index in [9.17, 15) is 0 Å². The molecule has 0 bridgehead atoms. The second kappa shape index (κ2) is 17.4. The Labute approximate surface area is 157 Å². The molecule has 0 saturated heterocycles. The molecule has 0 saturated carbocycles. The Hall–Kier alpha value is -1.68. The minimum absolute atomic E-state index is 0. The first-order valence-electron chi connectivity index (χ1n) is 6.91. The van der Waals surface area contributed by atoms with E-state index < -0.39 is 0 Å². The molecule has 4 rings (SSSR count). The topological polar surface area (TPSA) is 0 Å². The molecule has 0 unspecified atom stereocenters. The smallest absolute Gasteiger partial charge is 0.214 e. The van der Waals surface area contributed by atoms with Crippen LogP contribution in [0.15, 0.2) is 121 Å². The molecule has 4 aromatic carbocycles. The predicted molar refractivity (Wildman–Crippen MR) is 91.4 cm³/mol. The van der Waals surface area contributed by atoms with Crippen LogP contribution in [0.3, 0.4) is 0 Å². The molecule has 0 radical (unpaired) electrons. The van der Waals surface area contributed by atoms with Gasteiger partial charge in [-0.2, -0.15) is 91.0 Å². The molecule has 0 heterocycles. The summed E-state index contributed by atoms with van der Waals surface area (Å²) >= 11 is 0. The van der Waals surface area contributed by atoms with E-state index in [2.05, 4.69) is 6.07 Å². The molecule has 108 valence electrons. The molecule has 0 nitrogen and oxygen atoms in total. The van der Waals surface area contributed by atoms with Gasteiger partial charge in [-0.15, -0.1) is 0 Å². The van der Waals surface area contributed by atoms with E-state index in [1.165, 1.54) is 0 Å². The summed E-state index contributed by atoms with van der Waals surface area (Å²) in [5, 5.41) is 0. The van der Waals surface area contributed by atoms with Crippen molar-refractivity contribution in [2.75, 3.05) is 0 Å². The normalized spacial score (nSPS) is 7.64. The summed E-state index contributed by atoms with van der Waals surface area (Å²) in [6.45, 7) is 0. The number of benzene rings is 1. The Balaban J connectivity index is 0.000000264. The third kappa shape index (κ3) is 14.7. The van der Waals surface area contributed by atoms with Gasteiger partial charge in [-0.25, -0.2) is 36.4 Å². The van der Waals surface area contributed by atoms with E-state index in [0.29, 0.717) is 0 Å². The Morgan fingerprint density at radius 1 is 0.409 bits per heavy atom. The molecule has 0 fully saturated rings. The van der Waals surface area contributed by atoms with Crippen LogP contribution in [0.2, 0.25) is 0 Å². The van der Waals surface area contributed by atoms with Gasteiger partial charge >= 0.3 is 31.1 Å². The van der Waals surface area contributed by atoms with E-state index in [4.69, 9.17) is 0 Å². The molecule has 0 amide bonds. The van der Waals surface area contributed by atoms with Crippen LogP contribution in [0.4, 0.5) is 0 Å². The van der Waals surface area contributed by atoms with Crippen molar-refractivity contribution in [1.82, 2.24) is 0 Å². The van der Waals surface area contributed by atoms with Crippen LogP contribution in [0.1, 0.15) is 0 Å². The van der Waals surface area contributed by atoms with E-state index in [0.717, 1.165) is 0 Å². The molecule has 22 heavy (non-hydrogen) atoms. The third-order valence-electron chi connectivity index (χ3n) is 2.27. The van der Waals surface area contributed by atoms with Crippen molar-refractivity contribution in [2.45, 2.75) is 0 Å². The zero-order valence-electron chi connectivity index (χ0n) is 12.5. The van der Waals surface area contributed by atoms with Gasteiger partial charge < -0.3 is 0 Å². The van der Waals surface area contributed by atoms with Crippen molar-refractivity contribution < 1.29 is 31.1 Å². The number of hydrogen-bond acceptors (Lipinski definition) is 0. The second-order valence-electron chi connectivity index (χ2n) is 3.96. The van der Waals surface area contributed by atoms with Crippen molar-refractivity contribution in [3.8, 4) is 0 Å². The van der Waals surface area contributed by atoms with E-state index in [1.54, 1.807) is 0 Å². The van der Waals surface area contributed by atoms with Gasteiger partial charge in [0.05, 0.1) is 0 Å². The summed E-state index contributed by atoms with van der Waals surface area (Å²) in [6, 6.07) is 42.5. The average molecular weight is 510 g/mol. The fourth-order valence-electron chi connectivity index (χ4n) is 1.30. The molecule has 0 atom stereocenters. The molecule has 1 heteroatoms. The standard InChI is InChI=1S/C6H5.3C5H5.U/c1-2-4-6-5-3-1;3*1-2-4-5-3-1;/h1-5H;3*1-5H;/q4*-1;+4. The van der Waals surface area contributed by atoms with Crippen LogP contribution in [0.25, 0.3) is 0 Å². The Bertz CT molecular complexity index is 405. The molecule has 0 aromatic heterocycles. The predicted octanol–water partition coefficient (Wildman–Crippen LogP) is 5.70. The van der Waals surface area contributed by atoms with Crippen LogP contribution in [0, 0.1) is 37.2 Å². The summed E-state index contributed by atoms with van der Waals surface area (Å²) in [6.07, 6.45) is 0. The Morgan fingerprint density at radius 2 is 0.727 bits per heavy atom. The average Bonchev–Trinajstić information content (AvgIpc) is 3.38. The van der Waals surface area contributed by atoms with Gasteiger partial charge in [-0.1, -0.05) is 0 Å². The molecule has 0 aliphatic carbocycles. The van der Waals surface area contributed by atoms with Crippen LogP contribution < -0.4 is 0 Å². The first-order valence-corrected chi connectivity index (χ1v) is 6.91. The quantitative estimate of drug-likeness (QED) is 0.266. The van der Waals surface area contributed by atoms with Gasteiger partial charge in [-0.3, -0.25) is 0 Å². The molecular weight excluding hydrogens is 490 g/mol. The molecule has 0 aliphatic rings. The van der Waals surface area contributed by atoms with Crippen LogP contribution in [-0.2, 0) is 0 Å². The van der Waals surface area contributed by atoms with E-state index in [-0.39, 0.29) is 31.1 Å². The Morgan fingerprint density at radius 3 is 0.818 bits per heavy atom. The van der Waals surface area contributed by atoms with Gasteiger partial charge in [-0.05, 0) is 0 Å². The van der Waals surface area contributed by atoms with Gasteiger partial charge in [0, 0.05) is 0 Å². The fourth-order valence-corrected chi connectivity index (χ4v) is 1.30. The zero-order valence-corrected chi connectivity index (χ0v) is 16.7. The molecule has 0 N–H and O–H groups in total. The number of rotatable bonds is 0. The summed E-state index contributed by atoms with van der Waals surface area (Å²) < 4.78 is 0. The molecular formula is C21H20U. The molecule has 0 aliphatic heterocycles. The second-order valence-corrected chi connectivity index (χ2v) is 3.96. The minimum Gasteiger partial charge on any atom is -0.214 e. The van der Waals surface area contributed by atoms with Gasteiger partial charge in [0.15, 0.2) is 0 Å². The molecule has 4 aromatic rings. The van der Waals surface area contributed by atoms with Crippen molar-refractivity contribution in [1.29, 1.82) is 0 Å². The summed E-state index contributed by atoms with van der Waals surface area (Å²) in [4.78, 5) is 0. The fraction of sp³-hybridized carbons (Fsp3) is 0. The maximum absolute atomic E-state index is 2.89. The maximum atomic E-state index is 2.89. The van der Waals surface area contributed by atoms with Crippen LogP contribution in [-0.4, -0.2) is 0 Å². The van der Waals surface area contributed by atoms with Crippen LogP contribution >= 0.6 is 0 Å². The van der Waals surface area contributed by atoms with Crippen molar-refractivity contribution in [3.05, 3.63) is 127 Å². The monoisotopic (exact) mass is 510 g/mol. The summed E-state index contributed by atoms with van der Waals surface area (Å²) in [7, 11) is 0. The largest absolute Gasteiger partial charge is 4.00 e. The van der Waals surface area contributed by atoms with Crippen LogP contribution in [0.5, 0.6) is 0 Å². The third-order valence-corrected chi connectivity index (χ3v) is 2.27.